The lowest BCUT2D eigenvalue weighted by Crippen LogP contribution is -2.16. The predicted octanol–water partition coefficient (Wildman–Crippen LogP) is -2.71. The number of carbonyl (C=O) groups excluding carboxylic acids is 3. The summed E-state index contributed by atoms with van der Waals surface area (Å²) in [5.74, 6) is -3.25. The van der Waals surface area contributed by atoms with Gasteiger partial charge in [-0.05, 0) is 20.8 Å². The topological polar surface area (TPSA) is 120 Å². The van der Waals surface area contributed by atoms with Gasteiger partial charge in [-0.15, -0.1) is 0 Å². The van der Waals surface area contributed by atoms with Gasteiger partial charge in [0.15, 0.2) is 0 Å². The maximum atomic E-state index is 8.89. The Morgan fingerprint density at radius 2 is 0.643 bits per heavy atom. The van der Waals surface area contributed by atoms with Crippen LogP contribution in [0.15, 0.2) is 0 Å². The first-order valence-electron chi connectivity index (χ1n) is 3.72. The van der Waals surface area contributed by atoms with Crippen LogP contribution in [0.2, 0.25) is 0 Å². The van der Waals surface area contributed by atoms with Crippen molar-refractivity contribution in [3.05, 3.63) is 0 Å². The minimum absolute atomic E-state index is 0.972. The van der Waals surface area contributed by atoms with Gasteiger partial charge < -0.3 is 29.7 Å². The van der Waals surface area contributed by atoms with Crippen LogP contribution < -0.4 is 15.3 Å². The molecule has 0 aromatic carbocycles. The SMILES string of the molecule is CC.CC(=O)[O-].CC(=O)[O-].CC(=O)[O-]. The van der Waals surface area contributed by atoms with Crippen LogP contribution in [0.1, 0.15) is 34.6 Å². The summed E-state index contributed by atoms with van der Waals surface area (Å²) in [6.07, 6.45) is 0. The van der Waals surface area contributed by atoms with Crippen LogP contribution in [0, 0.1) is 0 Å². The molecule has 14 heavy (non-hydrogen) atoms. The predicted molar refractivity (Wildman–Crippen MR) is 43.4 cm³/mol. The van der Waals surface area contributed by atoms with E-state index in [0.717, 1.165) is 20.8 Å². The Bertz CT molecular complexity index is 111. The maximum absolute atomic E-state index is 8.89. The smallest absolute Gasteiger partial charge is 0.0383 e. The first kappa shape index (κ1) is 22.8. The summed E-state index contributed by atoms with van der Waals surface area (Å²) >= 11 is 0. The van der Waals surface area contributed by atoms with E-state index in [1.165, 1.54) is 0 Å². The van der Waals surface area contributed by atoms with E-state index in [2.05, 4.69) is 0 Å². The molecule has 86 valence electrons. The minimum Gasteiger partial charge on any atom is -0.550 e. The Labute approximate surface area is 83.2 Å². The van der Waals surface area contributed by atoms with E-state index in [1.807, 2.05) is 13.8 Å². The van der Waals surface area contributed by atoms with Crippen molar-refractivity contribution in [3.8, 4) is 0 Å². The van der Waals surface area contributed by atoms with Gasteiger partial charge in [0.05, 0.1) is 0 Å². The molecule has 0 rings (SSSR count). The molecule has 0 atom stereocenters. The van der Waals surface area contributed by atoms with Gasteiger partial charge in [-0.1, -0.05) is 13.8 Å². The lowest BCUT2D eigenvalue weighted by molar-refractivity contribution is -0.303. The molecular formula is C8H15O6-3. The van der Waals surface area contributed by atoms with E-state index in [9.17, 15) is 0 Å². The van der Waals surface area contributed by atoms with Gasteiger partial charge in [0.25, 0.3) is 0 Å². The Morgan fingerprint density at radius 1 is 0.643 bits per heavy atom. The highest BCUT2D eigenvalue weighted by Gasteiger charge is 1.47. The Kier molecular flexibility index (Phi) is 36.7. The van der Waals surface area contributed by atoms with Gasteiger partial charge >= 0.3 is 0 Å². The number of carboxylic acid groups (broad SMARTS) is 3. The molecule has 0 aliphatic carbocycles. The van der Waals surface area contributed by atoms with Gasteiger partial charge in [-0.2, -0.15) is 0 Å². The lowest BCUT2D eigenvalue weighted by Gasteiger charge is -1.77. The third-order valence-electron chi connectivity index (χ3n) is 0. The second-order valence-electron chi connectivity index (χ2n) is 1.47. The standard InChI is InChI=1S/3C2H4O2.C2H6/c3*1-2(3)4;1-2/h3*1H3,(H,3,4);1-2H3/p-3. The molecule has 0 fully saturated rings. The van der Waals surface area contributed by atoms with E-state index in [1.54, 1.807) is 0 Å². The molecule has 0 aromatic heterocycles. The first-order valence-corrected chi connectivity index (χ1v) is 3.72. The molecule has 0 heterocycles. The summed E-state index contributed by atoms with van der Waals surface area (Å²) in [5.41, 5.74) is 0. The molecule has 0 unspecified atom stereocenters. The molecule has 0 saturated heterocycles. The zero-order valence-corrected chi connectivity index (χ0v) is 8.95. The average molecular weight is 207 g/mol. The van der Waals surface area contributed by atoms with Gasteiger partial charge in [-0.3, -0.25) is 0 Å². The van der Waals surface area contributed by atoms with Gasteiger partial charge in [0.2, 0.25) is 0 Å². The summed E-state index contributed by atoms with van der Waals surface area (Å²) in [5, 5.41) is 26.7. The summed E-state index contributed by atoms with van der Waals surface area (Å²) in [6.45, 7) is 6.92. The highest BCUT2D eigenvalue weighted by atomic mass is 16.4. The van der Waals surface area contributed by atoms with Gasteiger partial charge in [0, 0.05) is 17.9 Å². The largest absolute Gasteiger partial charge is 0.550 e. The third-order valence-corrected chi connectivity index (χ3v) is 0. The number of rotatable bonds is 0. The lowest BCUT2D eigenvalue weighted by atomic mass is 10.9. The Hall–Kier alpha value is -1.59. The molecular weight excluding hydrogens is 192 g/mol. The van der Waals surface area contributed by atoms with Gasteiger partial charge in [-0.25, -0.2) is 0 Å². The zero-order chi connectivity index (χ0) is 12.7. The van der Waals surface area contributed by atoms with Crippen molar-refractivity contribution in [1.29, 1.82) is 0 Å². The molecule has 0 aliphatic rings. The van der Waals surface area contributed by atoms with Crippen molar-refractivity contribution in [3.63, 3.8) is 0 Å². The van der Waals surface area contributed by atoms with Crippen molar-refractivity contribution < 1.29 is 29.7 Å². The molecule has 0 aliphatic heterocycles. The summed E-state index contributed by atoms with van der Waals surface area (Å²) in [7, 11) is 0. The second kappa shape index (κ2) is 22.5. The van der Waals surface area contributed by atoms with E-state index in [4.69, 9.17) is 29.7 Å². The first-order chi connectivity index (χ1) is 6.20. The number of hydrogen-bond donors (Lipinski definition) is 0. The molecule has 6 heteroatoms. The fourth-order valence-corrected chi connectivity index (χ4v) is 0. The van der Waals surface area contributed by atoms with E-state index in [-0.39, 0.29) is 0 Å². The highest BCUT2D eigenvalue weighted by Crippen LogP contribution is 1.31. The molecule has 6 nitrogen and oxygen atoms in total. The van der Waals surface area contributed by atoms with Crippen LogP contribution in [0.5, 0.6) is 0 Å². The molecule has 0 radical (unpaired) electrons. The van der Waals surface area contributed by atoms with Crippen LogP contribution in [0.3, 0.4) is 0 Å². The van der Waals surface area contributed by atoms with Crippen molar-refractivity contribution >= 4 is 17.9 Å². The van der Waals surface area contributed by atoms with Crippen molar-refractivity contribution in [1.82, 2.24) is 0 Å². The van der Waals surface area contributed by atoms with Crippen LogP contribution >= 0.6 is 0 Å². The summed E-state index contributed by atoms with van der Waals surface area (Å²) < 4.78 is 0. The highest BCUT2D eigenvalue weighted by molar-refractivity contribution is 5.60. The molecule has 0 spiro atoms. The minimum atomic E-state index is -1.08. The molecule has 0 saturated carbocycles. The summed E-state index contributed by atoms with van der Waals surface area (Å²) in [6, 6.07) is 0. The Balaban J connectivity index is -0.0000000492. The zero-order valence-electron chi connectivity index (χ0n) is 8.95. The van der Waals surface area contributed by atoms with E-state index < -0.39 is 17.9 Å². The number of carboxylic acids is 3. The second-order valence-corrected chi connectivity index (χ2v) is 1.47. The van der Waals surface area contributed by atoms with E-state index in [0.29, 0.717) is 0 Å². The molecule has 0 bridgehead atoms. The van der Waals surface area contributed by atoms with Crippen LogP contribution in [0.25, 0.3) is 0 Å². The van der Waals surface area contributed by atoms with Crippen molar-refractivity contribution in [2.75, 3.05) is 0 Å². The monoisotopic (exact) mass is 207 g/mol. The van der Waals surface area contributed by atoms with Crippen molar-refractivity contribution in [2.24, 2.45) is 0 Å². The van der Waals surface area contributed by atoms with E-state index >= 15 is 0 Å². The molecule has 0 amide bonds. The quantitative estimate of drug-likeness (QED) is 0.426. The van der Waals surface area contributed by atoms with Crippen molar-refractivity contribution in [2.45, 2.75) is 34.6 Å². The fourth-order valence-electron chi connectivity index (χ4n) is 0. The number of carbonyl (C=O) groups is 3. The molecule has 0 N–H and O–H groups in total. The average Bonchev–Trinajstić information content (AvgIpc) is 1.86. The number of hydrogen-bond acceptors (Lipinski definition) is 6. The maximum Gasteiger partial charge on any atom is 0.0383 e. The normalized spacial score (nSPS) is 5.79. The Morgan fingerprint density at radius 3 is 0.643 bits per heavy atom. The number of aliphatic carboxylic acids is 3. The molecule has 0 aromatic rings. The fraction of sp³-hybridized carbons (Fsp3) is 0.625. The van der Waals surface area contributed by atoms with Crippen LogP contribution in [-0.2, 0) is 14.4 Å². The van der Waals surface area contributed by atoms with Crippen LogP contribution in [-0.4, -0.2) is 17.9 Å². The summed E-state index contributed by atoms with van der Waals surface area (Å²) in [4.78, 5) is 26.7. The third kappa shape index (κ3) is 365. The van der Waals surface area contributed by atoms with Crippen LogP contribution in [0.4, 0.5) is 0 Å². The van der Waals surface area contributed by atoms with Gasteiger partial charge in [0.1, 0.15) is 0 Å².